The average molecular weight is 397 g/mol. The molecule has 1 unspecified atom stereocenters. The van der Waals surface area contributed by atoms with Crippen molar-refractivity contribution in [3.05, 3.63) is 64.5 Å². The molecule has 1 aromatic heterocycles. The average Bonchev–Trinajstić information content (AvgIpc) is 3.31. The molecule has 5 nitrogen and oxygen atoms in total. The minimum Gasteiger partial charge on any atom is -0.372 e. The van der Waals surface area contributed by atoms with Crippen LogP contribution in [0.3, 0.4) is 0 Å². The number of amides is 1. The molecule has 0 bridgehead atoms. The number of hydrogen-bond donors (Lipinski definition) is 0. The summed E-state index contributed by atoms with van der Waals surface area (Å²) in [5, 5.41) is 0. The van der Waals surface area contributed by atoms with E-state index in [9.17, 15) is 4.79 Å². The number of aryl methyl sites for hydroxylation is 1. The molecule has 6 heteroatoms. The number of thioether (sulfide) groups is 1. The molecule has 0 saturated carbocycles. The zero-order valence-corrected chi connectivity index (χ0v) is 16.8. The highest BCUT2D eigenvalue weighted by atomic mass is 32.2. The number of aromatic nitrogens is 1. The number of carbonyl (C=O) groups excluding carboxylic acids is 1. The summed E-state index contributed by atoms with van der Waals surface area (Å²) in [6, 6.07) is 12.0. The fraction of sp³-hybridized carbons (Fsp3) is 0.455. The van der Waals surface area contributed by atoms with Crippen LogP contribution in [0.4, 0.5) is 0 Å². The van der Waals surface area contributed by atoms with Crippen LogP contribution in [-0.2, 0) is 29.3 Å². The van der Waals surface area contributed by atoms with E-state index in [0.717, 1.165) is 47.8 Å². The van der Waals surface area contributed by atoms with Crippen LogP contribution in [0.1, 0.15) is 39.3 Å². The van der Waals surface area contributed by atoms with Crippen LogP contribution in [0.15, 0.2) is 36.4 Å². The van der Waals surface area contributed by atoms with Crippen LogP contribution < -0.4 is 0 Å². The van der Waals surface area contributed by atoms with Crippen LogP contribution >= 0.6 is 11.8 Å². The highest BCUT2D eigenvalue weighted by Gasteiger charge is 2.51. The number of ether oxygens (including phenoxy) is 2. The maximum absolute atomic E-state index is 12.8. The van der Waals surface area contributed by atoms with Gasteiger partial charge in [0.25, 0.3) is 5.91 Å². The Hall–Kier alpha value is -1.89. The van der Waals surface area contributed by atoms with Crippen molar-refractivity contribution >= 4 is 17.7 Å². The molecule has 4 heterocycles. The number of hydrogen-bond acceptors (Lipinski definition) is 5. The van der Waals surface area contributed by atoms with E-state index in [2.05, 4.69) is 4.98 Å². The highest BCUT2D eigenvalue weighted by molar-refractivity contribution is 8.01. The van der Waals surface area contributed by atoms with Crippen LogP contribution in [0.2, 0.25) is 0 Å². The van der Waals surface area contributed by atoms with Crippen LogP contribution in [0.5, 0.6) is 0 Å². The number of pyridine rings is 1. The summed E-state index contributed by atoms with van der Waals surface area (Å²) in [6.07, 6.45) is 1.24. The minimum atomic E-state index is 0.134. The third kappa shape index (κ3) is 3.45. The molecule has 1 atom stereocenters. The maximum Gasteiger partial charge on any atom is 0.253 e. The second-order valence-corrected chi connectivity index (χ2v) is 9.53. The number of fused-ring (bicyclic) bond motifs is 1. The molecular weight excluding hydrogens is 372 g/mol. The molecule has 1 spiro atoms. The molecule has 2 saturated heterocycles. The molecule has 3 aliphatic heterocycles. The Kier molecular flexibility index (Phi) is 4.65. The van der Waals surface area contributed by atoms with Crippen molar-refractivity contribution in [3.63, 3.8) is 0 Å². The van der Waals surface area contributed by atoms with Gasteiger partial charge in [0.2, 0.25) is 0 Å². The number of benzene rings is 1. The second kappa shape index (κ2) is 7.17. The number of carbonyl (C=O) groups is 1. The van der Waals surface area contributed by atoms with Gasteiger partial charge in [0.15, 0.2) is 0 Å². The molecule has 1 amide bonds. The molecule has 1 aromatic carbocycles. The Morgan fingerprint density at radius 3 is 3.00 bits per heavy atom. The van der Waals surface area contributed by atoms with Gasteiger partial charge in [-0.25, -0.2) is 0 Å². The molecule has 0 aliphatic carbocycles. The fourth-order valence-corrected chi connectivity index (χ4v) is 5.85. The second-order valence-electron chi connectivity index (χ2n) is 8.04. The smallest absolute Gasteiger partial charge is 0.253 e. The first-order chi connectivity index (χ1) is 13.6. The lowest BCUT2D eigenvalue weighted by Gasteiger charge is -2.47. The van der Waals surface area contributed by atoms with Gasteiger partial charge in [-0.3, -0.25) is 9.78 Å². The van der Waals surface area contributed by atoms with E-state index >= 15 is 0 Å². The molecule has 2 fully saturated rings. The summed E-state index contributed by atoms with van der Waals surface area (Å²) in [5.41, 5.74) is 5.13. The summed E-state index contributed by atoms with van der Waals surface area (Å²) in [7, 11) is 0. The van der Waals surface area contributed by atoms with E-state index in [1.807, 2.05) is 60.0 Å². The van der Waals surface area contributed by atoms with Crippen LogP contribution in [-0.4, -0.2) is 45.5 Å². The molecular formula is C22H24N2O3S. The molecule has 3 aliphatic rings. The lowest BCUT2D eigenvalue weighted by Crippen LogP contribution is -2.60. The first-order valence-corrected chi connectivity index (χ1v) is 10.8. The van der Waals surface area contributed by atoms with E-state index in [4.69, 9.17) is 9.47 Å². The van der Waals surface area contributed by atoms with E-state index < -0.39 is 0 Å². The van der Waals surface area contributed by atoms with Crippen molar-refractivity contribution in [2.24, 2.45) is 0 Å². The molecule has 2 aromatic rings. The van der Waals surface area contributed by atoms with Crippen molar-refractivity contribution in [2.75, 3.05) is 18.8 Å². The lowest BCUT2D eigenvalue weighted by molar-refractivity contribution is 0.0245. The predicted molar refractivity (Wildman–Crippen MR) is 108 cm³/mol. The minimum absolute atomic E-state index is 0.134. The van der Waals surface area contributed by atoms with Gasteiger partial charge in [0.1, 0.15) is 0 Å². The van der Waals surface area contributed by atoms with Crippen LogP contribution in [0.25, 0.3) is 0 Å². The molecule has 146 valence electrons. The van der Waals surface area contributed by atoms with Gasteiger partial charge >= 0.3 is 0 Å². The van der Waals surface area contributed by atoms with E-state index in [0.29, 0.717) is 19.8 Å². The first kappa shape index (κ1) is 18.2. The van der Waals surface area contributed by atoms with Gasteiger partial charge in [-0.2, -0.15) is 0 Å². The van der Waals surface area contributed by atoms with Crippen molar-refractivity contribution in [2.45, 2.75) is 44.0 Å². The SMILES string of the molecule is Cc1cccc(COC2CSC3(C2)CN(C(=O)c2ccc4c(c2)COC4)C3)n1. The maximum atomic E-state index is 12.8. The fourth-order valence-electron chi connectivity index (χ4n) is 4.29. The number of nitrogens with zero attached hydrogens (tertiary/aromatic N) is 2. The van der Waals surface area contributed by atoms with E-state index in [1.54, 1.807) is 0 Å². The van der Waals surface area contributed by atoms with Gasteiger partial charge < -0.3 is 14.4 Å². The first-order valence-electron chi connectivity index (χ1n) is 9.77. The number of rotatable bonds is 4. The normalized spacial score (nSPS) is 22.3. The highest BCUT2D eigenvalue weighted by Crippen LogP contribution is 2.46. The van der Waals surface area contributed by atoms with Crippen molar-refractivity contribution in [1.29, 1.82) is 0 Å². The summed E-state index contributed by atoms with van der Waals surface area (Å²) >= 11 is 1.96. The quantitative estimate of drug-likeness (QED) is 0.793. The van der Waals surface area contributed by atoms with Crippen LogP contribution in [0, 0.1) is 6.92 Å². The topological polar surface area (TPSA) is 51.7 Å². The van der Waals surface area contributed by atoms with E-state index in [1.165, 1.54) is 5.56 Å². The summed E-state index contributed by atoms with van der Waals surface area (Å²) < 4.78 is 11.7. The van der Waals surface area contributed by atoms with Gasteiger partial charge in [0.05, 0.1) is 36.4 Å². The van der Waals surface area contributed by atoms with Crippen molar-refractivity contribution in [1.82, 2.24) is 9.88 Å². The number of likely N-dealkylation sites (tertiary alicyclic amines) is 1. The zero-order chi connectivity index (χ0) is 19.1. The third-order valence-corrected chi connectivity index (χ3v) is 7.38. The summed E-state index contributed by atoms with van der Waals surface area (Å²) in [4.78, 5) is 19.3. The Morgan fingerprint density at radius 1 is 1.29 bits per heavy atom. The van der Waals surface area contributed by atoms with E-state index in [-0.39, 0.29) is 16.8 Å². The predicted octanol–water partition coefficient (Wildman–Crippen LogP) is 3.34. The summed E-state index contributed by atoms with van der Waals surface area (Å²) in [5.74, 6) is 1.12. The molecule has 28 heavy (non-hydrogen) atoms. The molecule has 0 radical (unpaired) electrons. The third-order valence-electron chi connectivity index (χ3n) is 5.80. The van der Waals surface area contributed by atoms with Crippen molar-refractivity contribution < 1.29 is 14.3 Å². The Balaban J connectivity index is 1.15. The molecule has 5 rings (SSSR count). The Labute approximate surface area is 169 Å². The standard InChI is InChI=1S/C22H24N2O3S/c1-15-3-2-4-19(23-15)11-27-20-8-22(28-12-20)13-24(14-22)21(25)16-5-6-17-9-26-10-18(17)7-16/h2-7,20H,8-14H2,1H3. The Bertz CT molecular complexity index is 910. The van der Waals surface area contributed by atoms with Crippen molar-refractivity contribution in [3.8, 4) is 0 Å². The van der Waals surface area contributed by atoms with Gasteiger partial charge in [-0.05, 0) is 48.7 Å². The Morgan fingerprint density at radius 2 is 2.14 bits per heavy atom. The van der Waals surface area contributed by atoms with Gasteiger partial charge in [-0.15, -0.1) is 11.8 Å². The molecule has 0 N–H and O–H groups in total. The summed E-state index contributed by atoms with van der Waals surface area (Å²) in [6.45, 7) is 5.46. The zero-order valence-electron chi connectivity index (χ0n) is 16.0. The monoisotopic (exact) mass is 396 g/mol. The largest absolute Gasteiger partial charge is 0.372 e. The van der Waals surface area contributed by atoms with Gasteiger partial charge in [0, 0.05) is 30.1 Å². The lowest BCUT2D eigenvalue weighted by atomic mass is 9.92. The van der Waals surface area contributed by atoms with Gasteiger partial charge in [-0.1, -0.05) is 12.1 Å².